The van der Waals surface area contributed by atoms with Crippen LogP contribution in [-0.4, -0.2) is 39.5 Å². The van der Waals surface area contributed by atoms with Crippen LogP contribution in [0.2, 0.25) is 0 Å². The number of hydrogen-bond donors (Lipinski definition) is 1. The van der Waals surface area contributed by atoms with Gasteiger partial charge in [0, 0.05) is 25.8 Å². The Kier molecular flexibility index (Phi) is 2.91. The SMILES string of the molecule is CCC1C=CCN1C(=O)c1cn2c(n1)CNCC2. The molecule has 0 saturated carbocycles. The van der Waals surface area contributed by atoms with Gasteiger partial charge in [-0.1, -0.05) is 19.1 Å². The van der Waals surface area contributed by atoms with Crippen LogP contribution in [0.3, 0.4) is 0 Å². The lowest BCUT2D eigenvalue weighted by atomic mass is 10.2. The van der Waals surface area contributed by atoms with Gasteiger partial charge in [-0.3, -0.25) is 4.79 Å². The normalized spacial score (nSPS) is 22.3. The van der Waals surface area contributed by atoms with Crippen LogP contribution >= 0.6 is 0 Å². The summed E-state index contributed by atoms with van der Waals surface area (Å²) >= 11 is 0. The summed E-state index contributed by atoms with van der Waals surface area (Å²) in [6.07, 6.45) is 7.01. The van der Waals surface area contributed by atoms with Gasteiger partial charge in [0.25, 0.3) is 5.91 Å². The highest BCUT2D eigenvalue weighted by Gasteiger charge is 2.27. The van der Waals surface area contributed by atoms with E-state index in [4.69, 9.17) is 0 Å². The van der Waals surface area contributed by atoms with Gasteiger partial charge >= 0.3 is 0 Å². The molecule has 18 heavy (non-hydrogen) atoms. The molecule has 1 N–H and O–H groups in total. The number of imidazole rings is 1. The second-order valence-corrected chi connectivity index (χ2v) is 4.77. The number of carbonyl (C=O) groups excluding carboxylic acids is 1. The van der Waals surface area contributed by atoms with Gasteiger partial charge < -0.3 is 14.8 Å². The molecule has 1 atom stereocenters. The molecule has 3 rings (SSSR count). The van der Waals surface area contributed by atoms with E-state index in [9.17, 15) is 4.79 Å². The van der Waals surface area contributed by atoms with Crippen molar-refractivity contribution in [2.24, 2.45) is 0 Å². The van der Waals surface area contributed by atoms with Gasteiger partial charge in [0.1, 0.15) is 11.5 Å². The molecule has 0 aromatic carbocycles. The Labute approximate surface area is 106 Å². The van der Waals surface area contributed by atoms with Crippen molar-refractivity contribution in [3.63, 3.8) is 0 Å². The van der Waals surface area contributed by atoms with Crippen molar-refractivity contribution in [2.45, 2.75) is 32.5 Å². The zero-order chi connectivity index (χ0) is 12.5. The van der Waals surface area contributed by atoms with Crippen molar-refractivity contribution < 1.29 is 4.79 Å². The summed E-state index contributed by atoms with van der Waals surface area (Å²) in [5.41, 5.74) is 0.579. The highest BCUT2D eigenvalue weighted by molar-refractivity contribution is 5.93. The molecule has 1 unspecified atom stereocenters. The van der Waals surface area contributed by atoms with E-state index in [2.05, 4.69) is 33.9 Å². The van der Waals surface area contributed by atoms with Gasteiger partial charge in [-0.25, -0.2) is 4.98 Å². The molecule has 96 valence electrons. The number of hydrogen-bond acceptors (Lipinski definition) is 3. The molecule has 1 amide bonds. The average Bonchev–Trinajstić information content (AvgIpc) is 3.03. The quantitative estimate of drug-likeness (QED) is 0.784. The predicted octanol–water partition coefficient (Wildman–Crippen LogP) is 0.777. The van der Waals surface area contributed by atoms with Crippen molar-refractivity contribution >= 4 is 5.91 Å². The van der Waals surface area contributed by atoms with E-state index in [-0.39, 0.29) is 11.9 Å². The Hall–Kier alpha value is -1.62. The van der Waals surface area contributed by atoms with Crippen molar-refractivity contribution in [2.75, 3.05) is 13.1 Å². The summed E-state index contributed by atoms with van der Waals surface area (Å²) in [5, 5.41) is 3.26. The fraction of sp³-hybridized carbons (Fsp3) is 0.538. The molecule has 2 aliphatic rings. The van der Waals surface area contributed by atoms with Crippen LogP contribution in [0.25, 0.3) is 0 Å². The maximum Gasteiger partial charge on any atom is 0.274 e. The fourth-order valence-electron chi connectivity index (χ4n) is 2.60. The third kappa shape index (κ3) is 1.84. The van der Waals surface area contributed by atoms with E-state index in [0.717, 1.165) is 31.9 Å². The monoisotopic (exact) mass is 246 g/mol. The van der Waals surface area contributed by atoms with Crippen LogP contribution in [0.1, 0.15) is 29.7 Å². The molecule has 5 heteroatoms. The van der Waals surface area contributed by atoms with Crippen molar-refractivity contribution in [1.82, 2.24) is 19.8 Å². The Morgan fingerprint density at radius 1 is 1.61 bits per heavy atom. The second kappa shape index (κ2) is 4.57. The van der Waals surface area contributed by atoms with Crippen molar-refractivity contribution in [1.29, 1.82) is 0 Å². The second-order valence-electron chi connectivity index (χ2n) is 4.77. The summed E-state index contributed by atoms with van der Waals surface area (Å²) in [6, 6.07) is 0.231. The number of rotatable bonds is 2. The van der Waals surface area contributed by atoms with E-state index < -0.39 is 0 Å². The Morgan fingerprint density at radius 3 is 3.28 bits per heavy atom. The minimum absolute atomic E-state index is 0.0498. The number of amides is 1. The van der Waals surface area contributed by atoms with Crippen LogP contribution in [0.4, 0.5) is 0 Å². The summed E-state index contributed by atoms with van der Waals surface area (Å²) in [4.78, 5) is 18.8. The summed E-state index contributed by atoms with van der Waals surface area (Å²) < 4.78 is 2.08. The molecule has 0 aliphatic carbocycles. The van der Waals surface area contributed by atoms with E-state index in [1.807, 2.05) is 11.1 Å². The maximum absolute atomic E-state index is 12.4. The molecule has 5 nitrogen and oxygen atoms in total. The van der Waals surface area contributed by atoms with Gasteiger partial charge in [-0.15, -0.1) is 0 Å². The number of nitrogens with one attached hydrogen (secondary N) is 1. The van der Waals surface area contributed by atoms with Gasteiger partial charge in [-0.05, 0) is 6.42 Å². The number of fused-ring (bicyclic) bond motifs is 1. The Balaban J connectivity index is 1.82. The summed E-state index contributed by atoms with van der Waals surface area (Å²) in [7, 11) is 0. The number of carbonyl (C=O) groups is 1. The van der Waals surface area contributed by atoms with Crippen LogP contribution in [0.15, 0.2) is 18.3 Å². The largest absolute Gasteiger partial charge is 0.332 e. The van der Waals surface area contributed by atoms with Gasteiger partial charge in [-0.2, -0.15) is 0 Å². The first-order valence-electron chi connectivity index (χ1n) is 6.54. The lowest BCUT2D eigenvalue weighted by Crippen LogP contribution is -2.35. The lowest BCUT2D eigenvalue weighted by molar-refractivity contribution is 0.0742. The van der Waals surface area contributed by atoms with E-state index in [1.165, 1.54) is 0 Å². The number of nitrogens with zero attached hydrogens (tertiary/aromatic N) is 3. The van der Waals surface area contributed by atoms with E-state index in [0.29, 0.717) is 12.2 Å². The first-order valence-corrected chi connectivity index (χ1v) is 6.54. The fourth-order valence-corrected chi connectivity index (χ4v) is 2.60. The Morgan fingerprint density at radius 2 is 2.50 bits per heavy atom. The van der Waals surface area contributed by atoms with Gasteiger partial charge in [0.05, 0.1) is 12.6 Å². The molecule has 3 heterocycles. The topological polar surface area (TPSA) is 50.2 Å². The molecule has 0 radical (unpaired) electrons. The zero-order valence-electron chi connectivity index (χ0n) is 10.6. The zero-order valence-corrected chi connectivity index (χ0v) is 10.6. The van der Waals surface area contributed by atoms with Crippen LogP contribution in [0, 0.1) is 0 Å². The van der Waals surface area contributed by atoms with E-state index >= 15 is 0 Å². The molecule has 1 aromatic rings. The minimum Gasteiger partial charge on any atom is -0.332 e. The number of aromatic nitrogens is 2. The highest BCUT2D eigenvalue weighted by Crippen LogP contribution is 2.17. The molecule has 0 spiro atoms. The minimum atomic E-state index is 0.0498. The molecule has 0 fully saturated rings. The molecule has 0 bridgehead atoms. The first kappa shape index (κ1) is 11.5. The van der Waals surface area contributed by atoms with E-state index in [1.54, 1.807) is 0 Å². The first-order chi connectivity index (χ1) is 8.79. The Bertz CT molecular complexity index is 468. The maximum atomic E-state index is 12.4. The third-order valence-electron chi connectivity index (χ3n) is 3.63. The molecule has 1 aromatic heterocycles. The van der Waals surface area contributed by atoms with Crippen molar-refractivity contribution in [3.05, 3.63) is 29.9 Å². The van der Waals surface area contributed by atoms with Crippen LogP contribution in [0.5, 0.6) is 0 Å². The smallest absolute Gasteiger partial charge is 0.274 e. The molecule has 2 aliphatic heterocycles. The van der Waals surface area contributed by atoms with Gasteiger partial charge in [0.2, 0.25) is 0 Å². The molecular weight excluding hydrogens is 228 g/mol. The highest BCUT2D eigenvalue weighted by atomic mass is 16.2. The van der Waals surface area contributed by atoms with Crippen LogP contribution in [-0.2, 0) is 13.1 Å². The standard InChI is InChI=1S/C13H18N4O/c1-2-10-4-3-6-17(10)13(18)11-9-16-7-5-14-8-12(16)15-11/h3-4,9-10,14H,2,5-8H2,1H3. The predicted molar refractivity (Wildman–Crippen MR) is 68.2 cm³/mol. The van der Waals surface area contributed by atoms with Gasteiger partial charge in [0.15, 0.2) is 0 Å². The molecule has 0 saturated heterocycles. The summed E-state index contributed by atoms with van der Waals surface area (Å²) in [6.45, 7) is 5.40. The molecular formula is C13H18N4O. The summed E-state index contributed by atoms with van der Waals surface area (Å²) in [5.74, 6) is 1.01. The van der Waals surface area contributed by atoms with Crippen LogP contribution < -0.4 is 5.32 Å². The lowest BCUT2D eigenvalue weighted by Gasteiger charge is -2.22. The van der Waals surface area contributed by atoms with Crippen molar-refractivity contribution in [3.8, 4) is 0 Å². The average molecular weight is 246 g/mol. The third-order valence-corrected chi connectivity index (χ3v) is 3.63.